The highest BCUT2D eigenvalue weighted by Gasteiger charge is 2.43. The zero-order valence-corrected chi connectivity index (χ0v) is 27.4. The Bertz CT molecular complexity index is 1600. The van der Waals surface area contributed by atoms with Crippen LogP contribution in [0, 0.1) is 0 Å². The Morgan fingerprint density at radius 1 is 0.917 bits per heavy atom. The van der Waals surface area contributed by atoms with Gasteiger partial charge >= 0.3 is 5.97 Å². The molecule has 1 aromatic heterocycles. The van der Waals surface area contributed by atoms with Crippen LogP contribution in [0.1, 0.15) is 68.3 Å². The topological polar surface area (TPSA) is 147 Å². The van der Waals surface area contributed by atoms with E-state index in [4.69, 9.17) is 4.74 Å². The van der Waals surface area contributed by atoms with Crippen molar-refractivity contribution in [3.63, 3.8) is 0 Å². The predicted molar refractivity (Wildman–Crippen MR) is 179 cm³/mol. The van der Waals surface area contributed by atoms with Gasteiger partial charge in [-0.2, -0.15) is 0 Å². The number of nitrogens with zero attached hydrogens (tertiary/aromatic N) is 2. The van der Waals surface area contributed by atoms with Crippen LogP contribution in [0.5, 0.6) is 0 Å². The minimum absolute atomic E-state index is 0.156. The Kier molecular flexibility index (Phi) is 11.2. The lowest BCUT2D eigenvalue weighted by atomic mass is 9.94. The maximum absolute atomic E-state index is 14.1. The van der Waals surface area contributed by atoms with E-state index in [2.05, 4.69) is 20.9 Å². The van der Waals surface area contributed by atoms with E-state index in [0.29, 0.717) is 37.8 Å². The first-order valence-electron chi connectivity index (χ1n) is 16.6. The van der Waals surface area contributed by atoms with E-state index >= 15 is 0 Å². The van der Waals surface area contributed by atoms with Crippen molar-refractivity contribution >= 4 is 29.6 Å². The maximum atomic E-state index is 14.1. The SMILES string of the molecule is CC[C@]1(C)NC(=O)[C@H](CCCCOC(=O)c2ccccc2)NC(=O)[C@H]2CCCN2C(=O)[C@H](Cc2ccc(-c3cccnc3)cc2)NC1=O. The van der Waals surface area contributed by atoms with Crippen LogP contribution in [-0.2, 0) is 30.3 Å². The van der Waals surface area contributed by atoms with E-state index in [1.807, 2.05) is 42.5 Å². The van der Waals surface area contributed by atoms with E-state index < -0.39 is 47.4 Å². The third-order valence-corrected chi connectivity index (χ3v) is 9.20. The van der Waals surface area contributed by atoms with Crippen LogP contribution in [0.15, 0.2) is 79.1 Å². The molecule has 2 aliphatic heterocycles. The molecule has 2 aliphatic rings. The van der Waals surface area contributed by atoms with Gasteiger partial charge in [0.2, 0.25) is 23.6 Å². The Morgan fingerprint density at radius 3 is 2.40 bits per heavy atom. The third kappa shape index (κ3) is 8.26. The number of aromatic nitrogens is 1. The van der Waals surface area contributed by atoms with Crippen LogP contribution in [0.3, 0.4) is 0 Å². The Morgan fingerprint density at radius 2 is 1.69 bits per heavy atom. The number of nitrogens with one attached hydrogen (secondary N) is 3. The molecule has 0 bridgehead atoms. The average Bonchev–Trinajstić information content (AvgIpc) is 3.61. The van der Waals surface area contributed by atoms with Gasteiger partial charge in [0.05, 0.1) is 12.2 Å². The minimum Gasteiger partial charge on any atom is -0.462 e. The molecule has 0 saturated carbocycles. The van der Waals surface area contributed by atoms with Gasteiger partial charge in [-0.15, -0.1) is 0 Å². The Balaban J connectivity index is 1.29. The summed E-state index contributed by atoms with van der Waals surface area (Å²) in [6.07, 6.45) is 6.26. The second-order valence-corrected chi connectivity index (χ2v) is 12.6. The molecule has 252 valence electrons. The molecule has 3 heterocycles. The van der Waals surface area contributed by atoms with Gasteiger partial charge in [-0.25, -0.2) is 4.79 Å². The lowest BCUT2D eigenvalue weighted by Gasteiger charge is -2.36. The van der Waals surface area contributed by atoms with Gasteiger partial charge in [0, 0.05) is 25.4 Å². The summed E-state index contributed by atoms with van der Waals surface area (Å²) < 4.78 is 5.36. The molecule has 48 heavy (non-hydrogen) atoms. The van der Waals surface area contributed by atoms with Crippen LogP contribution in [0.4, 0.5) is 0 Å². The van der Waals surface area contributed by atoms with Crippen LogP contribution in [0.2, 0.25) is 0 Å². The normalized spacial score (nSPS) is 23.2. The number of carbonyl (C=O) groups is 5. The number of pyridine rings is 1. The van der Waals surface area contributed by atoms with Crippen molar-refractivity contribution in [2.45, 2.75) is 82.5 Å². The van der Waals surface area contributed by atoms with Crippen LogP contribution < -0.4 is 16.0 Å². The van der Waals surface area contributed by atoms with Gasteiger partial charge < -0.3 is 25.6 Å². The predicted octanol–water partition coefficient (Wildman–Crippen LogP) is 3.58. The lowest BCUT2D eigenvalue weighted by molar-refractivity contribution is -0.144. The molecule has 0 spiro atoms. The molecule has 5 rings (SSSR count). The van der Waals surface area contributed by atoms with Gasteiger partial charge in [0.25, 0.3) is 0 Å². The lowest BCUT2D eigenvalue weighted by Crippen LogP contribution is -2.65. The Labute approximate surface area is 280 Å². The van der Waals surface area contributed by atoms with Crippen LogP contribution >= 0.6 is 0 Å². The second-order valence-electron chi connectivity index (χ2n) is 12.6. The number of hydrogen-bond donors (Lipinski definition) is 3. The molecule has 2 aromatic carbocycles. The Hall–Kier alpha value is -5.06. The van der Waals surface area contributed by atoms with Crippen LogP contribution in [0.25, 0.3) is 11.1 Å². The van der Waals surface area contributed by atoms with E-state index in [1.165, 1.54) is 4.90 Å². The van der Waals surface area contributed by atoms with Gasteiger partial charge in [0.1, 0.15) is 23.7 Å². The molecule has 11 heteroatoms. The van der Waals surface area contributed by atoms with Gasteiger partial charge in [-0.05, 0) is 80.3 Å². The molecule has 3 N–H and O–H groups in total. The molecular formula is C37H43N5O6. The number of rotatable bonds is 10. The van der Waals surface area contributed by atoms with Gasteiger partial charge in [-0.1, -0.05) is 55.5 Å². The number of unbranched alkanes of at least 4 members (excludes halogenated alkanes) is 1. The fourth-order valence-corrected chi connectivity index (χ4v) is 6.10. The maximum Gasteiger partial charge on any atom is 0.338 e. The number of amides is 4. The zero-order valence-electron chi connectivity index (χ0n) is 27.4. The number of carbonyl (C=O) groups excluding carboxylic acids is 5. The van der Waals surface area contributed by atoms with Crippen molar-refractivity contribution in [1.82, 2.24) is 25.8 Å². The molecule has 3 aromatic rings. The number of ether oxygens (including phenoxy) is 1. The molecule has 2 fully saturated rings. The van der Waals surface area contributed by atoms with Crippen molar-refractivity contribution < 1.29 is 28.7 Å². The smallest absolute Gasteiger partial charge is 0.338 e. The summed E-state index contributed by atoms with van der Waals surface area (Å²) in [5.41, 5.74) is 1.89. The highest BCUT2D eigenvalue weighted by molar-refractivity contribution is 5.99. The van der Waals surface area contributed by atoms with Crippen molar-refractivity contribution in [2.24, 2.45) is 0 Å². The second kappa shape index (κ2) is 15.7. The van der Waals surface area contributed by atoms with E-state index in [1.54, 1.807) is 50.5 Å². The molecule has 0 radical (unpaired) electrons. The number of fused-ring (bicyclic) bond motifs is 1. The van der Waals surface area contributed by atoms with Gasteiger partial charge in [-0.3, -0.25) is 24.2 Å². The fraction of sp³-hybridized carbons (Fsp3) is 0.405. The number of benzene rings is 2. The van der Waals surface area contributed by atoms with E-state index in [9.17, 15) is 24.0 Å². The molecule has 0 aliphatic carbocycles. The highest BCUT2D eigenvalue weighted by atomic mass is 16.5. The van der Waals surface area contributed by atoms with E-state index in [0.717, 1.165) is 16.7 Å². The minimum atomic E-state index is -1.34. The first kappa shape index (κ1) is 34.3. The summed E-state index contributed by atoms with van der Waals surface area (Å²) in [6, 6.07) is 17.6. The standard InChI is InChI=1S/C37H43N5O6/c1-3-37(2)36(47)40-30(23-25-16-18-26(19-17-25)28-13-9-20-38-24-28)34(45)42-21-10-15-31(42)33(44)39-29(32(43)41-37)14-7-8-22-48-35(46)27-11-5-4-6-12-27/h4-6,9,11-13,16-20,24,29-31H,3,7-8,10,14-15,21-23H2,1-2H3,(H,39,44)(H,40,47)(H,41,43)/t29-,30-,31+,37-/m0/s1. The third-order valence-electron chi connectivity index (χ3n) is 9.20. The quantitative estimate of drug-likeness (QED) is 0.224. The molecule has 0 unspecified atom stereocenters. The molecular weight excluding hydrogens is 610 g/mol. The first-order valence-corrected chi connectivity index (χ1v) is 16.6. The number of hydrogen-bond acceptors (Lipinski definition) is 7. The summed E-state index contributed by atoms with van der Waals surface area (Å²) >= 11 is 0. The number of esters is 1. The summed E-state index contributed by atoms with van der Waals surface area (Å²) in [7, 11) is 0. The molecule has 11 nitrogen and oxygen atoms in total. The van der Waals surface area contributed by atoms with Crippen molar-refractivity contribution in [3.8, 4) is 11.1 Å². The van der Waals surface area contributed by atoms with E-state index in [-0.39, 0.29) is 31.8 Å². The fourth-order valence-electron chi connectivity index (χ4n) is 6.10. The monoisotopic (exact) mass is 653 g/mol. The van der Waals surface area contributed by atoms with Gasteiger partial charge in [0.15, 0.2) is 0 Å². The zero-order chi connectivity index (χ0) is 34.1. The summed E-state index contributed by atoms with van der Waals surface area (Å²) in [6.45, 7) is 3.93. The highest BCUT2D eigenvalue weighted by Crippen LogP contribution is 2.23. The average molecular weight is 654 g/mol. The van der Waals surface area contributed by atoms with Crippen molar-refractivity contribution in [3.05, 3.63) is 90.3 Å². The molecule has 4 amide bonds. The van der Waals surface area contributed by atoms with Crippen LogP contribution in [-0.4, -0.2) is 76.3 Å². The molecule has 4 atom stereocenters. The summed E-state index contributed by atoms with van der Waals surface area (Å²) in [4.78, 5) is 73.1. The largest absolute Gasteiger partial charge is 0.462 e. The molecule has 2 saturated heterocycles. The van der Waals surface area contributed by atoms with Crippen molar-refractivity contribution in [2.75, 3.05) is 13.2 Å². The van der Waals surface area contributed by atoms with Crippen molar-refractivity contribution in [1.29, 1.82) is 0 Å². The summed E-state index contributed by atoms with van der Waals surface area (Å²) in [5, 5.41) is 8.67. The first-order chi connectivity index (χ1) is 23.2. The summed E-state index contributed by atoms with van der Waals surface area (Å²) in [5.74, 6) is -2.12.